The van der Waals surface area contributed by atoms with Crippen molar-refractivity contribution in [3.05, 3.63) is 29.8 Å². The van der Waals surface area contributed by atoms with Gasteiger partial charge in [-0.05, 0) is 18.1 Å². The van der Waals surface area contributed by atoms with Gasteiger partial charge in [-0.15, -0.1) is 0 Å². The molecule has 1 rings (SSSR count). The molecule has 0 saturated heterocycles. The zero-order valence-electron chi connectivity index (χ0n) is 9.84. The van der Waals surface area contributed by atoms with Gasteiger partial charge in [-0.1, -0.05) is 38.8 Å². The van der Waals surface area contributed by atoms with Gasteiger partial charge in [0, 0.05) is 17.8 Å². The van der Waals surface area contributed by atoms with Crippen molar-refractivity contribution in [2.24, 2.45) is 5.92 Å². The second-order valence-corrected chi connectivity index (χ2v) is 3.99. The number of anilines is 1. The third-order valence-corrected chi connectivity index (χ3v) is 2.89. The van der Waals surface area contributed by atoms with Crippen molar-refractivity contribution in [3.8, 4) is 0 Å². The van der Waals surface area contributed by atoms with Crippen LogP contribution in [0.1, 0.15) is 38.7 Å². The molecule has 90 valence electrons. The standard InChI is InChI=1S/C13H19F2N/c1-3-10(4-2)9-16-12-7-5-6-11(8-12)13(14)15/h5-8,10,13,16H,3-4,9H2,1-2H3. The smallest absolute Gasteiger partial charge is 0.263 e. The Morgan fingerprint density at radius 1 is 1.19 bits per heavy atom. The lowest BCUT2D eigenvalue weighted by Gasteiger charge is -2.14. The summed E-state index contributed by atoms with van der Waals surface area (Å²) in [6.45, 7) is 5.14. The Labute approximate surface area is 95.9 Å². The summed E-state index contributed by atoms with van der Waals surface area (Å²) in [4.78, 5) is 0. The average Bonchev–Trinajstić information content (AvgIpc) is 2.31. The van der Waals surface area contributed by atoms with E-state index in [1.165, 1.54) is 12.1 Å². The molecule has 0 saturated carbocycles. The minimum absolute atomic E-state index is 0.0783. The Morgan fingerprint density at radius 3 is 2.44 bits per heavy atom. The summed E-state index contributed by atoms with van der Waals surface area (Å²) in [6, 6.07) is 6.46. The van der Waals surface area contributed by atoms with E-state index in [1.54, 1.807) is 6.07 Å². The number of halogens is 2. The lowest BCUT2D eigenvalue weighted by molar-refractivity contribution is 0.151. The number of rotatable bonds is 6. The van der Waals surface area contributed by atoms with Crippen LogP contribution in [0.2, 0.25) is 0 Å². The van der Waals surface area contributed by atoms with E-state index < -0.39 is 6.43 Å². The predicted octanol–water partition coefficient (Wildman–Crippen LogP) is 4.47. The molecule has 1 aromatic rings. The Kier molecular flexibility index (Phi) is 5.23. The third-order valence-electron chi connectivity index (χ3n) is 2.89. The van der Waals surface area contributed by atoms with Crippen molar-refractivity contribution in [1.82, 2.24) is 0 Å². The predicted molar refractivity (Wildman–Crippen MR) is 64.0 cm³/mol. The van der Waals surface area contributed by atoms with Gasteiger partial charge in [0.15, 0.2) is 0 Å². The van der Waals surface area contributed by atoms with Gasteiger partial charge >= 0.3 is 0 Å². The summed E-state index contributed by atoms with van der Waals surface area (Å²) in [5.41, 5.74) is 0.860. The molecule has 0 aliphatic heterocycles. The first-order valence-electron chi connectivity index (χ1n) is 5.79. The molecule has 3 heteroatoms. The molecule has 0 aliphatic carbocycles. The molecular formula is C13H19F2N. The lowest BCUT2D eigenvalue weighted by atomic mass is 10.0. The molecule has 16 heavy (non-hydrogen) atoms. The molecule has 0 aliphatic rings. The third kappa shape index (κ3) is 3.80. The van der Waals surface area contributed by atoms with Crippen LogP contribution >= 0.6 is 0 Å². The number of hydrogen-bond acceptors (Lipinski definition) is 1. The highest BCUT2D eigenvalue weighted by Gasteiger charge is 2.07. The van der Waals surface area contributed by atoms with Crippen molar-refractivity contribution in [1.29, 1.82) is 0 Å². The van der Waals surface area contributed by atoms with Gasteiger partial charge in [-0.25, -0.2) is 8.78 Å². The van der Waals surface area contributed by atoms with Crippen LogP contribution in [0.5, 0.6) is 0 Å². The van der Waals surface area contributed by atoms with Crippen LogP contribution in [0.15, 0.2) is 24.3 Å². The Hall–Kier alpha value is -1.12. The van der Waals surface area contributed by atoms with E-state index in [4.69, 9.17) is 0 Å². The molecule has 0 spiro atoms. The molecule has 1 nitrogen and oxygen atoms in total. The highest BCUT2D eigenvalue weighted by Crippen LogP contribution is 2.22. The van der Waals surface area contributed by atoms with E-state index in [0.29, 0.717) is 5.92 Å². The average molecular weight is 227 g/mol. The molecule has 0 heterocycles. The first kappa shape index (κ1) is 12.9. The minimum atomic E-state index is -2.39. The van der Waals surface area contributed by atoms with Gasteiger partial charge in [0.1, 0.15) is 0 Å². The van der Waals surface area contributed by atoms with Gasteiger partial charge < -0.3 is 5.32 Å². The van der Waals surface area contributed by atoms with Crippen molar-refractivity contribution in [2.75, 3.05) is 11.9 Å². The van der Waals surface area contributed by atoms with E-state index in [-0.39, 0.29) is 5.56 Å². The summed E-state index contributed by atoms with van der Waals surface area (Å²) in [7, 11) is 0. The molecule has 0 radical (unpaired) electrons. The van der Waals surface area contributed by atoms with Crippen LogP contribution in [0.4, 0.5) is 14.5 Å². The van der Waals surface area contributed by atoms with E-state index in [0.717, 1.165) is 25.1 Å². The van der Waals surface area contributed by atoms with Crippen LogP contribution in [0.25, 0.3) is 0 Å². The Morgan fingerprint density at radius 2 is 1.88 bits per heavy atom. The molecule has 0 unspecified atom stereocenters. The van der Waals surface area contributed by atoms with E-state index >= 15 is 0 Å². The fourth-order valence-corrected chi connectivity index (χ4v) is 1.62. The second kappa shape index (κ2) is 6.46. The molecule has 0 atom stereocenters. The molecular weight excluding hydrogens is 208 g/mol. The van der Waals surface area contributed by atoms with Crippen LogP contribution in [-0.2, 0) is 0 Å². The van der Waals surface area contributed by atoms with Crippen LogP contribution in [0, 0.1) is 5.92 Å². The number of hydrogen-bond donors (Lipinski definition) is 1. The van der Waals surface area contributed by atoms with E-state index in [9.17, 15) is 8.78 Å². The van der Waals surface area contributed by atoms with Gasteiger partial charge in [-0.2, -0.15) is 0 Å². The van der Waals surface area contributed by atoms with Crippen molar-refractivity contribution in [2.45, 2.75) is 33.1 Å². The second-order valence-electron chi connectivity index (χ2n) is 3.99. The Bertz CT molecular complexity index is 309. The molecule has 0 aromatic heterocycles. The number of nitrogens with one attached hydrogen (secondary N) is 1. The molecule has 0 bridgehead atoms. The van der Waals surface area contributed by atoms with Crippen molar-refractivity contribution >= 4 is 5.69 Å². The van der Waals surface area contributed by atoms with Crippen molar-refractivity contribution < 1.29 is 8.78 Å². The summed E-state index contributed by atoms with van der Waals surface area (Å²) in [6.07, 6.45) is -0.175. The maximum absolute atomic E-state index is 12.5. The van der Waals surface area contributed by atoms with Gasteiger partial charge in [-0.3, -0.25) is 0 Å². The maximum atomic E-state index is 12.5. The molecule has 1 N–H and O–H groups in total. The zero-order chi connectivity index (χ0) is 12.0. The Balaban J connectivity index is 2.56. The maximum Gasteiger partial charge on any atom is 0.263 e. The minimum Gasteiger partial charge on any atom is -0.385 e. The lowest BCUT2D eigenvalue weighted by Crippen LogP contribution is -2.12. The first-order valence-corrected chi connectivity index (χ1v) is 5.79. The summed E-state index contributed by atoms with van der Waals surface area (Å²) < 4.78 is 24.9. The summed E-state index contributed by atoms with van der Waals surface area (Å²) >= 11 is 0. The van der Waals surface area contributed by atoms with Crippen molar-refractivity contribution in [3.63, 3.8) is 0 Å². The SMILES string of the molecule is CCC(CC)CNc1cccc(C(F)F)c1. The number of benzene rings is 1. The van der Waals surface area contributed by atoms with Gasteiger partial charge in [0.05, 0.1) is 0 Å². The molecule has 1 aromatic carbocycles. The molecule has 0 amide bonds. The summed E-state index contributed by atoms with van der Waals surface area (Å²) in [5, 5.41) is 3.21. The topological polar surface area (TPSA) is 12.0 Å². The first-order chi connectivity index (χ1) is 7.67. The van der Waals surface area contributed by atoms with Crippen LogP contribution in [-0.4, -0.2) is 6.54 Å². The van der Waals surface area contributed by atoms with Gasteiger partial charge in [0.2, 0.25) is 0 Å². The number of alkyl halides is 2. The molecule has 0 fully saturated rings. The highest BCUT2D eigenvalue weighted by molar-refractivity contribution is 5.46. The quantitative estimate of drug-likeness (QED) is 0.756. The van der Waals surface area contributed by atoms with Gasteiger partial charge in [0.25, 0.3) is 6.43 Å². The fourth-order valence-electron chi connectivity index (χ4n) is 1.62. The fraction of sp³-hybridized carbons (Fsp3) is 0.538. The van der Waals surface area contributed by atoms with E-state index in [2.05, 4.69) is 19.2 Å². The zero-order valence-corrected chi connectivity index (χ0v) is 9.84. The normalized spacial score (nSPS) is 11.1. The summed E-state index contributed by atoms with van der Waals surface area (Å²) in [5.74, 6) is 0.607. The monoisotopic (exact) mass is 227 g/mol. The highest BCUT2D eigenvalue weighted by atomic mass is 19.3. The largest absolute Gasteiger partial charge is 0.385 e. The van der Waals surface area contributed by atoms with Crippen LogP contribution in [0.3, 0.4) is 0 Å². The van der Waals surface area contributed by atoms with Crippen LogP contribution < -0.4 is 5.32 Å². The van der Waals surface area contributed by atoms with E-state index in [1.807, 2.05) is 6.07 Å².